The van der Waals surface area contributed by atoms with Gasteiger partial charge in [-0.1, -0.05) is 38.5 Å². The Hall–Kier alpha value is -0.460. The Labute approximate surface area is 113 Å². The van der Waals surface area contributed by atoms with E-state index < -0.39 is 0 Å². The minimum atomic E-state index is 0.0793. The summed E-state index contributed by atoms with van der Waals surface area (Å²) in [6.45, 7) is 4.49. The van der Waals surface area contributed by atoms with Crippen molar-refractivity contribution in [3.05, 3.63) is 11.3 Å². The summed E-state index contributed by atoms with van der Waals surface area (Å²) in [5.41, 5.74) is 1.73. The molecule has 0 aromatic rings. The molecule has 0 spiro atoms. The van der Waals surface area contributed by atoms with Crippen molar-refractivity contribution in [3.8, 4) is 0 Å². The third kappa shape index (κ3) is 4.33. The van der Waals surface area contributed by atoms with Crippen LogP contribution in [0.5, 0.6) is 0 Å². The first kappa shape index (κ1) is 14.0. The lowest BCUT2D eigenvalue weighted by atomic mass is 9.89. The second-order valence-corrected chi connectivity index (χ2v) is 6.72. The Morgan fingerprint density at radius 2 is 1.28 bits per heavy atom. The highest BCUT2D eigenvalue weighted by molar-refractivity contribution is 5.13. The van der Waals surface area contributed by atoms with E-state index in [0.717, 1.165) is 0 Å². The van der Waals surface area contributed by atoms with Gasteiger partial charge in [0.1, 0.15) is 5.60 Å². The second kappa shape index (κ2) is 6.63. The Balaban J connectivity index is 1.99. The van der Waals surface area contributed by atoms with E-state index in [2.05, 4.69) is 13.8 Å². The SMILES string of the molecule is CC1(C)CCC2=C(CCCCCCCCCC2)O1. The van der Waals surface area contributed by atoms with Gasteiger partial charge in [-0.2, -0.15) is 0 Å². The topological polar surface area (TPSA) is 9.23 Å². The average molecular weight is 250 g/mol. The third-order valence-electron chi connectivity index (χ3n) is 4.46. The highest BCUT2D eigenvalue weighted by Crippen LogP contribution is 2.36. The minimum Gasteiger partial charge on any atom is -0.492 e. The normalized spacial score (nSPS) is 26.6. The molecule has 1 heteroatoms. The van der Waals surface area contributed by atoms with Gasteiger partial charge < -0.3 is 4.74 Å². The molecule has 1 aliphatic heterocycles. The van der Waals surface area contributed by atoms with E-state index in [1.807, 2.05) is 0 Å². The zero-order valence-electron chi connectivity index (χ0n) is 12.4. The molecule has 0 fully saturated rings. The van der Waals surface area contributed by atoms with Gasteiger partial charge in [-0.3, -0.25) is 0 Å². The summed E-state index contributed by atoms with van der Waals surface area (Å²) in [6, 6.07) is 0. The van der Waals surface area contributed by atoms with E-state index in [1.54, 1.807) is 5.57 Å². The molecule has 0 N–H and O–H groups in total. The summed E-state index contributed by atoms with van der Waals surface area (Å²) < 4.78 is 6.26. The maximum atomic E-state index is 6.26. The molecule has 0 aromatic carbocycles. The molecule has 0 saturated carbocycles. The van der Waals surface area contributed by atoms with Gasteiger partial charge in [0.25, 0.3) is 0 Å². The van der Waals surface area contributed by atoms with Crippen LogP contribution in [0.2, 0.25) is 0 Å². The Morgan fingerprint density at radius 3 is 1.94 bits per heavy atom. The molecule has 0 bridgehead atoms. The summed E-state index contributed by atoms with van der Waals surface area (Å²) in [4.78, 5) is 0. The molecular formula is C17H30O. The molecular weight excluding hydrogens is 220 g/mol. The van der Waals surface area contributed by atoms with Crippen molar-refractivity contribution in [2.75, 3.05) is 0 Å². The molecule has 2 aliphatic rings. The standard InChI is InChI=1S/C17H30O/c1-17(2)14-13-15-11-9-7-5-3-4-6-8-10-12-16(15)18-17/h3-14H2,1-2H3. The average Bonchev–Trinajstić information content (AvgIpc) is 2.30. The molecule has 0 unspecified atom stereocenters. The van der Waals surface area contributed by atoms with E-state index >= 15 is 0 Å². The van der Waals surface area contributed by atoms with Gasteiger partial charge in [0.05, 0.1) is 5.76 Å². The summed E-state index contributed by atoms with van der Waals surface area (Å²) in [6.07, 6.45) is 16.2. The van der Waals surface area contributed by atoms with Crippen LogP contribution in [0.3, 0.4) is 0 Å². The van der Waals surface area contributed by atoms with Crippen molar-refractivity contribution < 1.29 is 4.74 Å². The van der Waals surface area contributed by atoms with Crippen molar-refractivity contribution in [1.29, 1.82) is 0 Å². The largest absolute Gasteiger partial charge is 0.492 e. The summed E-state index contributed by atoms with van der Waals surface area (Å²) in [7, 11) is 0. The highest BCUT2D eigenvalue weighted by Gasteiger charge is 2.27. The van der Waals surface area contributed by atoms with E-state index in [1.165, 1.54) is 82.8 Å². The molecule has 2 rings (SSSR count). The minimum absolute atomic E-state index is 0.0793. The fourth-order valence-corrected chi connectivity index (χ4v) is 3.22. The molecule has 18 heavy (non-hydrogen) atoms. The van der Waals surface area contributed by atoms with E-state index in [0.29, 0.717) is 0 Å². The van der Waals surface area contributed by atoms with Gasteiger partial charge >= 0.3 is 0 Å². The first-order chi connectivity index (χ1) is 8.67. The van der Waals surface area contributed by atoms with Crippen LogP contribution in [0, 0.1) is 0 Å². The fourth-order valence-electron chi connectivity index (χ4n) is 3.22. The van der Waals surface area contributed by atoms with Gasteiger partial charge in [0.2, 0.25) is 0 Å². The van der Waals surface area contributed by atoms with Gasteiger partial charge in [-0.25, -0.2) is 0 Å². The predicted octanol–water partition coefficient (Wildman–Crippen LogP) is 5.74. The first-order valence-electron chi connectivity index (χ1n) is 8.07. The van der Waals surface area contributed by atoms with Crippen molar-refractivity contribution in [2.45, 2.75) is 96.5 Å². The quantitative estimate of drug-likeness (QED) is 0.532. The summed E-state index contributed by atoms with van der Waals surface area (Å²) >= 11 is 0. The van der Waals surface area contributed by atoms with Crippen molar-refractivity contribution in [3.63, 3.8) is 0 Å². The number of ether oxygens (including phenoxy) is 1. The van der Waals surface area contributed by atoms with Gasteiger partial charge in [-0.05, 0) is 51.5 Å². The molecule has 104 valence electrons. The van der Waals surface area contributed by atoms with Crippen LogP contribution in [0.15, 0.2) is 11.3 Å². The lowest BCUT2D eigenvalue weighted by molar-refractivity contribution is 0.00612. The summed E-state index contributed by atoms with van der Waals surface area (Å²) in [5, 5.41) is 0. The number of hydrogen-bond donors (Lipinski definition) is 0. The second-order valence-electron chi connectivity index (χ2n) is 6.72. The van der Waals surface area contributed by atoms with Crippen molar-refractivity contribution >= 4 is 0 Å². The molecule has 0 aromatic heterocycles. The Bertz CT molecular complexity index is 288. The zero-order chi connectivity index (χ0) is 12.8. The monoisotopic (exact) mass is 250 g/mol. The van der Waals surface area contributed by atoms with Crippen LogP contribution in [0.1, 0.15) is 90.9 Å². The highest BCUT2D eigenvalue weighted by atomic mass is 16.5. The number of rotatable bonds is 0. The van der Waals surface area contributed by atoms with Crippen molar-refractivity contribution in [2.24, 2.45) is 0 Å². The molecule has 1 heterocycles. The zero-order valence-corrected chi connectivity index (χ0v) is 12.4. The fraction of sp³-hybridized carbons (Fsp3) is 0.882. The predicted molar refractivity (Wildman–Crippen MR) is 77.6 cm³/mol. The van der Waals surface area contributed by atoms with Gasteiger partial charge in [-0.15, -0.1) is 0 Å². The molecule has 0 radical (unpaired) electrons. The molecule has 0 atom stereocenters. The van der Waals surface area contributed by atoms with Crippen LogP contribution < -0.4 is 0 Å². The Morgan fingerprint density at radius 1 is 0.722 bits per heavy atom. The van der Waals surface area contributed by atoms with Crippen molar-refractivity contribution in [1.82, 2.24) is 0 Å². The van der Waals surface area contributed by atoms with E-state index in [4.69, 9.17) is 4.74 Å². The van der Waals surface area contributed by atoms with Crippen LogP contribution >= 0.6 is 0 Å². The lowest BCUT2D eigenvalue weighted by Crippen LogP contribution is -2.28. The maximum Gasteiger partial charge on any atom is 0.103 e. The van der Waals surface area contributed by atoms with E-state index in [-0.39, 0.29) is 5.60 Å². The van der Waals surface area contributed by atoms with Crippen LogP contribution in [-0.4, -0.2) is 5.60 Å². The Kier molecular flexibility index (Phi) is 5.14. The molecule has 0 saturated heterocycles. The summed E-state index contributed by atoms with van der Waals surface area (Å²) in [5.74, 6) is 1.37. The van der Waals surface area contributed by atoms with Gasteiger partial charge in [0, 0.05) is 6.42 Å². The smallest absolute Gasteiger partial charge is 0.103 e. The maximum absolute atomic E-state index is 6.26. The number of allylic oxidation sites excluding steroid dienone is 2. The van der Waals surface area contributed by atoms with Crippen LogP contribution in [0.25, 0.3) is 0 Å². The van der Waals surface area contributed by atoms with Gasteiger partial charge in [0.15, 0.2) is 0 Å². The van der Waals surface area contributed by atoms with Crippen LogP contribution in [-0.2, 0) is 4.74 Å². The first-order valence-corrected chi connectivity index (χ1v) is 8.07. The van der Waals surface area contributed by atoms with E-state index in [9.17, 15) is 0 Å². The lowest BCUT2D eigenvalue weighted by Gasteiger charge is -2.35. The number of hydrogen-bond acceptors (Lipinski definition) is 1. The third-order valence-corrected chi connectivity index (χ3v) is 4.46. The molecule has 1 nitrogen and oxygen atoms in total. The van der Waals surface area contributed by atoms with Crippen LogP contribution in [0.4, 0.5) is 0 Å². The molecule has 0 amide bonds. The molecule has 1 aliphatic carbocycles.